The molecule has 17 heavy (non-hydrogen) atoms. The van der Waals surface area contributed by atoms with Gasteiger partial charge in [-0.15, -0.1) is 0 Å². The van der Waals surface area contributed by atoms with Crippen LogP contribution >= 0.6 is 0 Å². The molecule has 1 aromatic carbocycles. The van der Waals surface area contributed by atoms with Crippen molar-refractivity contribution in [2.75, 3.05) is 20.3 Å². The summed E-state index contributed by atoms with van der Waals surface area (Å²) in [6.45, 7) is 4.53. The van der Waals surface area contributed by atoms with E-state index in [4.69, 9.17) is 10.5 Å². The lowest BCUT2D eigenvalue weighted by Gasteiger charge is -2.27. The zero-order chi connectivity index (χ0) is 12.9. The molecular weight excluding hydrogens is 217 g/mol. The molecule has 0 fully saturated rings. The summed E-state index contributed by atoms with van der Waals surface area (Å²) in [6, 6.07) is 5.80. The molecule has 0 radical (unpaired) electrons. The second-order valence-electron chi connectivity index (χ2n) is 4.61. The zero-order valence-electron chi connectivity index (χ0n) is 10.9. The molecule has 2 N–H and O–H groups in total. The highest BCUT2D eigenvalue weighted by Crippen LogP contribution is 2.34. The average molecular weight is 239 g/mol. The van der Waals surface area contributed by atoms with E-state index in [9.17, 15) is 4.39 Å². The molecule has 1 rings (SSSR count). The van der Waals surface area contributed by atoms with Crippen LogP contribution in [0.2, 0.25) is 0 Å². The Morgan fingerprint density at radius 3 is 2.59 bits per heavy atom. The number of hydrogen-bond acceptors (Lipinski definition) is 2. The van der Waals surface area contributed by atoms with E-state index in [1.165, 1.54) is 7.11 Å². The van der Waals surface area contributed by atoms with Gasteiger partial charge in [-0.25, -0.2) is 4.39 Å². The Balaban J connectivity index is 3.03. The zero-order valence-corrected chi connectivity index (χ0v) is 10.9. The Bertz CT molecular complexity index is 367. The van der Waals surface area contributed by atoms with Gasteiger partial charge in [0.1, 0.15) is 0 Å². The Labute approximate surface area is 103 Å². The molecule has 0 saturated heterocycles. The van der Waals surface area contributed by atoms with Gasteiger partial charge in [0.15, 0.2) is 5.67 Å². The van der Waals surface area contributed by atoms with Crippen LogP contribution in [0.25, 0.3) is 0 Å². The van der Waals surface area contributed by atoms with Crippen LogP contribution in [-0.4, -0.2) is 20.3 Å². The third kappa shape index (κ3) is 3.51. The lowest BCUT2D eigenvalue weighted by atomic mass is 9.87. The summed E-state index contributed by atoms with van der Waals surface area (Å²) < 4.78 is 20.0. The summed E-state index contributed by atoms with van der Waals surface area (Å²) in [4.78, 5) is 0. The van der Waals surface area contributed by atoms with Gasteiger partial charge in [-0.2, -0.15) is 0 Å². The molecule has 0 bridgehead atoms. The maximum Gasteiger partial charge on any atom is 0.159 e. The van der Waals surface area contributed by atoms with Gasteiger partial charge in [0.2, 0.25) is 0 Å². The number of rotatable bonds is 6. The number of nitrogens with two attached hydrogens (primary N) is 1. The summed E-state index contributed by atoms with van der Waals surface area (Å²) in [6.07, 6.45) is 1.06. The van der Waals surface area contributed by atoms with Gasteiger partial charge in [-0.3, -0.25) is 0 Å². The molecule has 0 aliphatic carbocycles. The van der Waals surface area contributed by atoms with Crippen LogP contribution in [0, 0.1) is 13.8 Å². The van der Waals surface area contributed by atoms with Crippen LogP contribution in [0.1, 0.15) is 29.5 Å². The van der Waals surface area contributed by atoms with E-state index < -0.39 is 5.67 Å². The first-order valence-corrected chi connectivity index (χ1v) is 5.99. The van der Waals surface area contributed by atoms with Crippen molar-refractivity contribution in [2.24, 2.45) is 5.73 Å². The third-order valence-electron chi connectivity index (χ3n) is 3.01. The molecule has 1 aromatic rings. The van der Waals surface area contributed by atoms with Crippen LogP contribution in [0.15, 0.2) is 18.2 Å². The fourth-order valence-corrected chi connectivity index (χ4v) is 2.21. The Kier molecular flexibility index (Phi) is 5.09. The summed E-state index contributed by atoms with van der Waals surface area (Å²) >= 11 is 0. The highest BCUT2D eigenvalue weighted by atomic mass is 19.1. The number of aryl methyl sites for hydroxylation is 2. The van der Waals surface area contributed by atoms with E-state index in [1.54, 1.807) is 0 Å². The van der Waals surface area contributed by atoms with Crippen LogP contribution in [-0.2, 0) is 10.4 Å². The smallest absolute Gasteiger partial charge is 0.159 e. The lowest BCUT2D eigenvalue weighted by molar-refractivity contribution is 0.0299. The first-order valence-electron chi connectivity index (χ1n) is 5.99. The topological polar surface area (TPSA) is 35.2 Å². The Hall–Kier alpha value is -0.930. The fraction of sp³-hybridized carbons (Fsp3) is 0.571. The van der Waals surface area contributed by atoms with Crippen molar-refractivity contribution in [3.05, 3.63) is 34.9 Å². The van der Waals surface area contributed by atoms with E-state index in [1.807, 2.05) is 32.0 Å². The van der Waals surface area contributed by atoms with Crippen LogP contribution < -0.4 is 5.73 Å². The Morgan fingerprint density at radius 1 is 1.35 bits per heavy atom. The monoisotopic (exact) mass is 239 g/mol. The average Bonchev–Trinajstić information content (AvgIpc) is 2.26. The minimum Gasteiger partial charge on any atom is -0.381 e. The van der Waals surface area contributed by atoms with Gasteiger partial charge in [0.25, 0.3) is 0 Å². The fourth-order valence-electron chi connectivity index (χ4n) is 2.21. The number of ether oxygens (including phenoxy) is 1. The molecule has 0 aliphatic rings. The van der Waals surface area contributed by atoms with Crippen molar-refractivity contribution < 1.29 is 9.13 Å². The van der Waals surface area contributed by atoms with Gasteiger partial charge in [0.05, 0.1) is 6.61 Å². The van der Waals surface area contributed by atoms with E-state index in [-0.39, 0.29) is 6.61 Å². The highest BCUT2D eigenvalue weighted by molar-refractivity contribution is 5.35. The first-order chi connectivity index (χ1) is 8.03. The summed E-state index contributed by atoms with van der Waals surface area (Å²) in [7, 11) is 1.53. The molecular formula is C14H22FNO. The molecule has 1 atom stereocenters. The van der Waals surface area contributed by atoms with Crippen molar-refractivity contribution in [1.82, 2.24) is 0 Å². The maximum atomic E-state index is 14.9. The lowest BCUT2D eigenvalue weighted by Crippen LogP contribution is -2.28. The second-order valence-corrected chi connectivity index (χ2v) is 4.61. The second kappa shape index (κ2) is 6.12. The van der Waals surface area contributed by atoms with Gasteiger partial charge in [-0.05, 0) is 44.4 Å². The summed E-state index contributed by atoms with van der Waals surface area (Å²) in [5.41, 5.74) is 6.88. The largest absolute Gasteiger partial charge is 0.381 e. The van der Waals surface area contributed by atoms with Crippen LogP contribution in [0.5, 0.6) is 0 Å². The normalized spacial score (nSPS) is 14.6. The van der Waals surface area contributed by atoms with Crippen molar-refractivity contribution >= 4 is 0 Å². The molecule has 1 unspecified atom stereocenters. The summed E-state index contributed by atoms with van der Waals surface area (Å²) in [5.74, 6) is 0. The predicted molar refractivity (Wildman–Crippen MR) is 68.9 cm³/mol. The highest BCUT2D eigenvalue weighted by Gasteiger charge is 2.32. The van der Waals surface area contributed by atoms with Crippen molar-refractivity contribution in [3.63, 3.8) is 0 Å². The standard InChI is InChI=1S/C14H22FNO/c1-11-5-6-13(12(2)9-11)14(15,10-17-3)7-4-8-16/h5-6,9H,4,7-8,10,16H2,1-3H3. The van der Waals surface area contributed by atoms with Gasteiger partial charge < -0.3 is 10.5 Å². The molecule has 0 aromatic heterocycles. The molecule has 0 amide bonds. The molecule has 2 nitrogen and oxygen atoms in total. The van der Waals surface area contributed by atoms with Crippen molar-refractivity contribution in [2.45, 2.75) is 32.4 Å². The minimum absolute atomic E-state index is 0.0803. The third-order valence-corrected chi connectivity index (χ3v) is 3.01. The Morgan fingerprint density at radius 2 is 2.06 bits per heavy atom. The minimum atomic E-state index is -1.42. The van der Waals surface area contributed by atoms with Gasteiger partial charge in [-0.1, -0.05) is 23.8 Å². The maximum absolute atomic E-state index is 14.9. The molecule has 0 aliphatic heterocycles. The molecule has 0 spiro atoms. The summed E-state index contributed by atoms with van der Waals surface area (Å²) in [5, 5.41) is 0. The number of methoxy groups -OCH3 is 1. The van der Waals surface area contributed by atoms with E-state index in [0.29, 0.717) is 19.4 Å². The quantitative estimate of drug-likeness (QED) is 0.828. The van der Waals surface area contributed by atoms with E-state index >= 15 is 0 Å². The van der Waals surface area contributed by atoms with E-state index in [0.717, 1.165) is 16.7 Å². The predicted octanol–water partition coefficient (Wildman–Crippen LogP) is 2.85. The first kappa shape index (κ1) is 14.1. The number of benzene rings is 1. The number of alkyl halides is 1. The van der Waals surface area contributed by atoms with Crippen molar-refractivity contribution in [1.29, 1.82) is 0 Å². The van der Waals surface area contributed by atoms with Crippen molar-refractivity contribution in [3.8, 4) is 0 Å². The number of hydrogen-bond donors (Lipinski definition) is 1. The SMILES string of the molecule is COCC(F)(CCCN)c1ccc(C)cc1C. The van der Waals surface area contributed by atoms with Gasteiger partial charge in [0, 0.05) is 7.11 Å². The van der Waals surface area contributed by atoms with Crippen LogP contribution in [0.3, 0.4) is 0 Å². The van der Waals surface area contributed by atoms with Crippen LogP contribution in [0.4, 0.5) is 4.39 Å². The molecule has 3 heteroatoms. The molecule has 96 valence electrons. The number of halogens is 1. The van der Waals surface area contributed by atoms with E-state index in [2.05, 4.69) is 0 Å². The molecule has 0 saturated carbocycles. The van der Waals surface area contributed by atoms with Gasteiger partial charge >= 0.3 is 0 Å². The molecule has 0 heterocycles.